The van der Waals surface area contributed by atoms with E-state index in [1.54, 1.807) is 0 Å². The maximum absolute atomic E-state index is 10.8. The average molecular weight is 679 g/mol. The summed E-state index contributed by atoms with van der Waals surface area (Å²) in [6, 6.07) is 0. The highest BCUT2D eigenvalue weighted by Gasteiger charge is 2.92. The van der Waals surface area contributed by atoms with Crippen LogP contribution in [0.2, 0.25) is 39.3 Å². The van der Waals surface area contributed by atoms with Gasteiger partial charge in [0, 0.05) is 0 Å². The van der Waals surface area contributed by atoms with Crippen LogP contribution in [-0.2, 0) is 41.2 Å². The van der Waals surface area contributed by atoms with Gasteiger partial charge in [-0.25, -0.2) is 0 Å². The van der Waals surface area contributed by atoms with Gasteiger partial charge >= 0.3 is 45.2 Å². The molecule has 0 aliphatic carbocycles. The third kappa shape index (κ3) is 10.6. The van der Waals surface area contributed by atoms with Gasteiger partial charge in [-0.1, -0.05) is 0 Å². The summed E-state index contributed by atoms with van der Waals surface area (Å²) < 4.78 is 56.4. The second kappa shape index (κ2) is 15.4. The molecule has 0 aromatic carbocycles. The fraction of sp³-hybridized carbons (Fsp3) is 1.00. The molecule has 36 heavy (non-hydrogen) atoms. The van der Waals surface area contributed by atoms with Crippen molar-refractivity contribution in [3.05, 3.63) is 0 Å². The second-order valence-corrected chi connectivity index (χ2v) is 29.5. The Kier molecular flexibility index (Phi) is 24.3. The Hall–Kier alpha value is 0.598. The van der Waals surface area contributed by atoms with Gasteiger partial charge in [0.1, 0.15) is 0 Å². The maximum atomic E-state index is 10.8. The third-order valence-corrected chi connectivity index (χ3v) is 26.0. The minimum Gasteiger partial charge on any atom is -0.412 e. The van der Waals surface area contributed by atoms with Crippen LogP contribution in [0.4, 0.5) is 0 Å². The van der Waals surface area contributed by atoms with Crippen LogP contribution in [0.1, 0.15) is 0 Å². The van der Waals surface area contributed by atoms with Gasteiger partial charge in [0.05, 0.1) is 0 Å². The van der Waals surface area contributed by atoms with Crippen LogP contribution < -0.4 is 0 Å². The third-order valence-electron chi connectivity index (χ3n) is 2.89. The molecule has 4 aliphatic heterocycles. The zero-order valence-electron chi connectivity index (χ0n) is 20.0. The van der Waals surface area contributed by atoms with Crippen molar-refractivity contribution in [2.45, 2.75) is 39.3 Å². The van der Waals surface area contributed by atoms with Crippen molar-refractivity contribution < 1.29 is 111 Å². The summed E-state index contributed by atoms with van der Waals surface area (Å²) in [7, 11) is -25.3. The Morgan fingerprint density at radius 3 is 0.833 bits per heavy atom. The molecule has 0 aromatic heterocycles. The van der Waals surface area contributed by atoms with Gasteiger partial charge in [0.15, 0.2) is 16.6 Å². The summed E-state index contributed by atoms with van der Waals surface area (Å²) in [5.74, 6) is 0. The maximum Gasteiger partial charge on any atom is 0.659 e. The van der Waals surface area contributed by atoms with Crippen LogP contribution in [0, 0.1) is 0 Å². The Morgan fingerprint density at radius 1 is 0.417 bits per heavy atom. The molecule has 1 spiro atoms. The van der Waals surface area contributed by atoms with Crippen LogP contribution >= 0.6 is 0 Å². The Labute approximate surface area is 212 Å². The monoisotopic (exact) mass is 678 g/mol. The van der Waals surface area contributed by atoms with E-state index in [1.165, 1.54) is 0 Å². The first-order chi connectivity index (χ1) is 11.1. The van der Waals surface area contributed by atoms with Crippen LogP contribution in [0.25, 0.3) is 0 Å². The molecule has 0 unspecified atom stereocenters. The molecule has 4 aliphatic rings. The lowest BCUT2D eigenvalue weighted by molar-refractivity contribution is -0.160. The van der Waals surface area contributed by atoms with E-state index in [0.29, 0.717) is 0 Å². The van der Waals surface area contributed by atoms with Crippen molar-refractivity contribution in [3.8, 4) is 0 Å². The smallest absolute Gasteiger partial charge is 0.412 e. The van der Waals surface area contributed by atoms with Gasteiger partial charge in [-0.15, -0.1) is 0 Å². The molecular formula is C6H42O23Si7. The van der Waals surface area contributed by atoms with Gasteiger partial charge in [-0.2, -0.15) is 0 Å². The molecule has 0 aromatic rings. The normalized spacial score (nSPS) is 36.0. The number of hydrogen-bond acceptors (Lipinski definition) is 12. The van der Waals surface area contributed by atoms with Crippen LogP contribution in [-0.4, -0.2) is 132 Å². The Balaban J connectivity index is -0.000000119. The molecular weight excluding hydrogens is 637 g/mol. The highest BCUT2D eigenvalue weighted by Crippen LogP contribution is 2.50. The van der Waals surface area contributed by atoms with E-state index in [2.05, 4.69) is 0 Å². The second-order valence-electron chi connectivity index (χ2n) is 7.79. The summed E-state index contributed by atoms with van der Waals surface area (Å²) in [5.41, 5.74) is 0. The van der Waals surface area contributed by atoms with Crippen molar-refractivity contribution in [3.63, 3.8) is 0 Å². The van der Waals surface area contributed by atoms with Gasteiger partial charge < -0.3 is 111 Å². The topological polar surface area (TPSA) is 479 Å². The molecule has 4 fully saturated rings. The highest BCUT2D eigenvalue weighted by atomic mass is 28.7. The molecule has 0 radical (unpaired) electrons. The van der Waals surface area contributed by atoms with Gasteiger partial charge in [0.2, 0.25) is 0 Å². The van der Waals surface area contributed by atoms with E-state index in [4.69, 9.17) is 41.2 Å². The van der Waals surface area contributed by atoms with Crippen LogP contribution in [0.15, 0.2) is 0 Å². The van der Waals surface area contributed by atoms with E-state index >= 15 is 0 Å². The number of rotatable bonds is 4. The fourth-order valence-corrected chi connectivity index (χ4v) is 31.5. The largest absolute Gasteiger partial charge is 0.659 e. The van der Waals surface area contributed by atoms with Crippen molar-refractivity contribution in [1.82, 2.24) is 0 Å². The first-order valence-corrected chi connectivity index (χ1v) is 22.6. The molecule has 232 valence electrons. The predicted molar refractivity (Wildman–Crippen MR) is 131 cm³/mol. The van der Waals surface area contributed by atoms with Gasteiger partial charge in [-0.3, -0.25) is 0 Å². The summed E-state index contributed by atoms with van der Waals surface area (Å²) in [4.78, 5) is 21.6. The van der Waals surface area contributed by atoms with Gasteiger partial charge in [0.25, 0.3) is 0 Å². The minimum atomic E-state index is -4.33. The quantitative estimate of drug-likeness (QED) is 0.262. The fourth-order valence-electron chi connectivity index (χ4n) is 2.50. The lowest BCUT2D eigenvalue weighted by Gasteiger charge is -2.60. The SMILES string of the molecule is C[Si](C)(C)O[Si]12O[Si]3(O)O[Si]4(O[Si](C)(C)C)O[Si](O)(O1)O[Si](O3)(O2)O4.O.O.O.O.O.O.O.O.O.O.O. The number of hydrogen-bond donors (Lipinski definition) is 2. The Morgan fingerprint density at radius 2 is 0.639 bits per heavy atom. The predicted octanol–water partition coefficient (Wildman–Crippen LogP) is -10.0. The molecule has 4 heterocycles. The van der Waals surface area contributed by atoms with E-state index < -0.39 is 61.9 Å². The molecule has 0 atom stereocenters. The first kappa shape index (κ1) is 56.7. The van der Waals surface area contributed by atoms with E-state index in [9.17, 15) is 9.59 Å². The molecule has 30 heteroatoms. The highest BCUT2D eigenvalue weighted by molar-refractivity contribution is 7.02. The molecule has 0 saturated carbocycles. The zero-order valence-corrected chi connectivity index (χ0v) is 27.0. The number of fused-ring (bicyclic) bond motifs is 4. The molecule has 24 N–H and O–H groups in total. The van der Waals surface area contributed by atoms with Crippen LogP contribution in [0.5, 0.6) is 0 Å². The lowest BCUT2D eigenvalue weighted by Crippen LogP contribution is -2.94. The van der Waals surface area contributed by atoms with E-state index in [1.807, 2.05) is 39.3 Å². The minimum absolute atomic E-state index is 0. The van der Waals surface area contributed by atoms with Gasteiger partial charge in [-0.05, 0) is 39.3 Å². The zero-order chi connectivity index (χ0) is 18.6. The van der Waals surface area contributed by atoms with E-state index in [-0.39, 0.29) is 60.2 Å². The van der Waals surface area contributed by atoms with Crippen molar-refractivity contribution in [2.75, 3.05) is 0 Å². The van der Waals surface area contributed by atoms with E-state index in [0.717, 1.165) is 0 Å². The summed E-state index contributed by atoms with van der Waals surface area (Å²) in [6.07, 6.45) is 0. The summed E-state index contributed by atoms with van der Waals surface area (Å²) in [5, 5.41) is 0. The van der Waals surface area contributed by atoms with Crippen molar-refractivity contribution in [2.24, 2.45) is 0 Å². The molecule has 23 nitrogen and oxygen atoms in total. The van der Waals surface area contributed by atoms with Crippen molar-refractivity contribution >= 4 is 61.9 Å². The summed E-state index contributed by atoms with van der Waals surface area (Å²) in [6.45, 7) is 11.2. The standard InChI is InChI=1S/C6H20O12Si7.11H2O/c1-19(2,3)9-23-11-21(7)13-24(10-20(4,5)6)14-22(8,12-23)16-25(15-21,17-23)18-24;;;;;;;;;;;/h7-8H,1-6H3;11*1H2. The Bertz CT molecular complexity index is 536. The van der Waals surface area contributed by atoms with Crippen LogP contribution in [0.3, 0.4) is 0 Å². The molecule has 5 bridgehead atoms. The first-order valence-electron chi connectivity index (χ1n) is 7.53. The molecule has 4 rings (SSSR count). The summed E-state index contributed by atoms with van der Waals surface area (Å²) >= 11 is 0. The molecule has 0 amide bonds. The molecule has 4 saturated heterocycles. The average Bonchev–Trinajstić information content (AvgIpc) is 2.11. The lowest BCUT2D eigenvalue weighted by atomic mass is 11.8. The van der Waals surface area contributed by atoms with Crippen molar-refractivity contribution in [1.29, 1.82) is 0 Å².